The van der Waals surface area contributed by atoms with Crippen molar-refractivity contribution in [3.63, 3.8) is 0 Å². The van der Waals surface area contributed by atoms with Crippen LogP contribution in [0.3, 0.4) is 0 Å². The van der Waals surface area contributed by atoms with Crippen molar-refractivity contribution in [3.8, 4) is 5.69 Å². The first-order valence-electron chi connectivity index (χ1n) is 7.52. The van der Waals surface area contributed by atoms with Gasteiger partial charge in [0, 0.05) is 30.2 Å². The summed E-state index contributed by atoms with van der Waals surface area (Å²) in [4.78, 5) is 20.0. The van der Waals surface area contributed by atoms with Crippen LogP contribution in [0.5, 0.6) is 0 Å². The molecule has 0 radical (unpaired) electrons. The second-order valence-electron chi connectivity index (χ2n) is 5.60. The quantitative estimate of drug-likeness (QED) is 0.545. The summed E-state index contributed by atoms with van der Waals surface area (Å²) in [5.74, 6) is -3.53. The monoisotopic (exact) mass is 362 g/mol. The number of carbonyl (C=O) groups is 1. The standard InChI is InChI=1S/C17H16F2N4OS/c1-10-4-6-13-15(21-10)23(16(22-13)17(2,18)19)11-5-7-12(20-3)14(8-11)25-9-24/h4-9,20H,1-3H3. The van der Waals surface area contributed by atoms with Gasteiger partial charge in [-0.3, -0.25) is 9.36 Å². The molecule has 0 atom stereocenters. The van der Waals surface area contributed by atoms with E-state index in [1.165, 1.54) is 4.57 Å². The average molecular weight is 362 g/mol. The average Bonchev–Trinajstić information content (AvgIpc) is 2.94. The lowest BCUT2D eigenvalue weighted by Gasteiger charge is -2.15. The van der Waals surface area contributed by atoms with E-state index in [0.29, 0.717) is 33.1 Å². The maximum Gasteiger partial charge on any atom is 0.302 e. The van der Waals surface area contributed by atoms with E-state index >= 15 is 0 Å². The van der Waals surface area contributed by atoms with Crippen molar-refractivity contribution in [1.82, 2.24) is 14.5 Å². The van der Waals surface area contributed by atoms with Crippen LogP contribution in [-0.4, -0.2) is 27.2 Å². The van der Waals surface area contributed by atoms with E-state index in [-0.39, 0.29) is 5.82 Å². The summed E-state index contributed by atoms with van der Waals surface area (Å²) in [6.45, 7) is 2.60. The van der Waals surface area contributed by atoms with Crippen LogP contribution >= 0.6 is 11.8 Å². The number of carbonyl (C=O) groups excluding carboxylic acids is 1. The summed E-state index contributed by atoms with van der Waals surface area (Å²) >= 11 is 0.975. The fourth-order valence-electron chi connectivity index (χ4n) is 2.60. The van der Waals surface area contributed by atoms with Gasteiger partial charge >= 0.3 is 5.92 Å². The molecule has 5 nitrogen and oxygen atoms in total. The predicted octanol–water partition coefficient (Wildman–Crippen LogP) is 4.16. The van der Waals surface area contributed by atoms with E-state index in [9.17, 15) is 13.6 Å². The third-order valence-electron chi connectivity index (χ3n) is 3.70. The molecule has 0 amide bonds. The van der Waals surface area contributed by atoms with E-state index < -0.39 is 5.92 Å². The normalized spacial score (nSPS) is 11.7. The Labute approximate surface area is 147 Å². The Morgan fingerprint density at radius 3 is 2.64 bits per heavy atom. The number of fused-ring (bicyclic) bond motifs is 1. The zero-order valence-corrected chi connectivity index (χ0v) is 14.7. The third kappa shape index (κ3) is 3.21. The second kappa shape index (κ2) is 6.44. The van der Waals surface area contributed by atoms with E-state index in [1.807, 2.05) is 0 Å². The smallest absolute Gasteiger partial charge is 0.302 e. The molecule has 25 heavy (non-hydrogen) atoms. The molecule has 0 fully saturated rings. The minimum absolute atomic E-state index is 0.357. The van der Waals surface area contributed by atoms with Crippen molar-refractivity contribution in [3.05, 3.63) is 41.9 Å². The molecule has 0 aliphatic rings. The van der Waals surface area contributed by atoms with E-state index in [4.69, 9.17) is 0 Å². The molecule has 0 saturated carbocycles. The summed E-state index contributed by atoms with van der Waals surface area (Å²) in [6.07, 6.45) is 0. The van der Waals surface area contributed by atoms with Gasteiger partial charge in [-0.2, -0.15) is 8.78 Å². The second-order valence-corrected chi connectivity index (χ2v) is 6.47. The number of anilines is 1. The zero-order chi connectivity index (χ0) is 18.2. The summed E-state index contributed by atoms with van der Waals surface area (Å²) in [7, 11) is 1.73. The van der Waals surface area contributed by atoms with E-state index in [1.54, 1.807) is 44.3 Å². The van der Waals surface area contributed by atoms with E-state index in [0.717, 1.165) is 24.4 Å². The Hall–Kier alpha value is -2.48. The summed E-state index contributed by atoms with van der Waals surface area (Å²) in [5.41, 5.74) is 3.36. The maximum absolute atomic E-state index is 14.1. The lowest BCUT2D eigenvalue weighted by atomic mass is 10.2. The van der Waals surface area contributed by atoms with Crippen LogP contribution in [-0.2, 0) is 10.7 Å². The van der Waals surface area contributed by atoms with Crippen LogP contribution in [0.25, 0.3) is 16.9 Å². The largest absolute Gasteiger partial charge is 0.387 e. The number of rotatable bonds is 5. The highest BCUT2D eigenvalue weighted by molar-refractivity contribution is 8.12. The summed E-state index contributed by atoms with van der Waals surface area (Å²) < 4.78 is 29.6. The van der Waals surface area contributed by atoms with Gasteiger partial charge in [-0.25, -0.2) is 9.97 Å². The Morgan fingerprint density at radius 1 is 1.24 bits per heavy atom. The van der Waals surface area contributed by atoms with Crippen molar-refractivity contribution >= 4 is 34.2 Å². The molecule has 3 rings (SSSR count). The van der Waals surface area contributed by atoms with Crippen LogP contribution in [0.15, 0.2) is 35.2 Å². The fourth-order valence-corrected chi connectivity index (χ4v) is 3.19. The first-order valence-corrected chi connectivity index (χ1v) is 8.40. The minimum Gasteiger partial charge on any atom is -0.387 e. The van der Waals surface area contributed by atoms with Gasteiger partial charge < -0.3 is 5.32 Å². The molecule has 130 valence electrons. The number of nitrogens with zero attached hydrogens (tertiary/aromatic N) is 3. The van der Waals surface area contributed by atoms with Gasteiger partial charge in [0.05, 0.1) is 5.69 Å². The first kappa shape index (κ1) is 17.3. The van der Waals surface area contributed by atoms with Crippen molar-refractivity contribution < 1.29 is 13.6 Å². The van der Waals surface area contributed by atoms with Crippen molar-refractivity contribution in [1.29, 1.82) is 0 Å². The molecule has 0 saturated heterocycles. The number of alkyl halides is 2. The molecule has 8 heteroatoms. The number of imidazole rings is 1. The number of aromatic nitrogens is 3. The fraction of sp³-hybridized carbons (Fsp3) is 0.235. The molecule has 0 aliphatic carbocycles. The van der Waals surface area contributed by atoms with Gasteiger partial charge in [-0.15, -0.1) is 0 Å². The number of nitrogens with one attached hydrogen (secondary N) is 1. The molecule has 0 aliphatic heterocycles. The molecular formula is C17H16F2N4OS. The zero-order valence-electron chi connectivity index (χ0n) is 13.9. The lowest BCUT2D eigenvalue weighted by molar-refractivity contribution is 0.00667. The molecule has 0 unspecified atom stereocenters. The SMILES string of the molecule is CNc1ccc(-n2c(C(C)(F)F)nc3ccc(C)nc32)cc1SC=O. The van der Waals surface area contributed by atoms with Gasteiger partial charge in [-0.05, 0) is 37.3 Å². The maximum atomic E-state index is 14.1. The Balaban J connectivity index is 2.32. The molecule has 1 N–H and O–H groups in total. The number of benzene rings is 1. The molecule has 0 bridgehead atoms. The van der Waals surface area contributed by atoms with Crippen LogP contribution in [0.1, 0.15) is 18.4 Å². The highest BCUT2D eigenvalue weighted by atomic mass is 32.2. The van der Waals surface area contributed by atoms with Crippen LogP contribution in [0.2, 0.25) is 0 Å². The minimum atomic E-state index is -3.14. The number of thioether (sulfide) groups is 1. The van der Waals surface area contributed by atoms with Crippen molar-refractivity contribution in [2.75, 3.05) is 12.4 Å². The number of pyridine rings is 1. The summed E-state index contributed by atoms with van der Waals surface area (Å²) in [5, 5.41) is 2.98. The number of aryl methyl sites for hydroxylation is 1. The Morgan fingerprint density at radius 2 is 2.00 bits per heavy atom. The van der Waals surface area contributed by atoms with Gasteiger partial charge in [0.2, 0.25) is 0 Å². The number of halogens is 2. The van der Waals surface area contributed by atoms with Crippen molar-refractivity contribution in [2.45, 2.75) is 24.7 Å². The molecule has 0 spiro atoms. The van der Waals surface area contributed by atoms with E-state index in [2.05, 4.69) is 15.3 Å². The summed E-state index contributed by atoms with van der Waals surface area (Å²) in [6, 6.07) is 8.51. The van der Waals surface area contributed by atoms with Gasteiger partial charge in [0.15, 0.2) is 17.1 Å². The predicted molar refractivity (Wildman–Crippen MR) is 95.3 cm³/mol. The molecule has 3 aromatic rings. The first-order chi connectivity index (χ1) is 11.8. The van der Waals surface area contributed by atoms with Gasteiger partial charge in [0.25, 0.3) is 0 Å². The molecule has 1 aromatic carbocycles. The number of hydrogen-bond donors (Lipinski definition) is 1. The highest BCUT2D eigenvalue weighted by Crippen LogP contribution is 2.34. The van der Waals surface area contributed by atoms with Crippen LogP contribution in [0, 0.1) is 6.92 Å². The van der Waals surface area contributed by atoms with Crippen LogP contribution in [0.4, 0.5) is 14.5 Å². The lowest BCUT2D eigenvalue weighted by Crippen LogP contribution is -2.15. The van der Waals surface area contributed by atoms with Crippen LogP contribution < -0.4 is 5.32 Å². The number of hydrogen-bond acceptors (Lipinski definition) is 5. The Kier molecular flexibility index (Phi) is 4.47. The van der Waals surface area contributed by atoms with Gasteiger partial charge in [-0.1, -0.05) is 11.8 Å². The Bertz CT molecular complexity index is 950. The van der Waals surface area contributed by atoms with Gasteiger partial charge in [0.1, 0.15) is 5.52 Å². The third-order valence-corrected chi connectivity index (χ3v) is 4.39. The molecular weight excluding hydrogens is 346 g/mol. The molecule has 2 heterocycles. The highest BCUT2D eigenvalue weighted by Gasteiger charge is 2.33. The topological polar surface area (TPSA) is 59.8 Å². The molecule has 2 aromatic heterocycles. The van der Waals surface area contributed by atoms with Crippen molar-refractivity contribution in [2.24, 2.45) is 0 Å².